The Labute approximate surface area is 103 Å². The van der Waals surface area contributed by atoms with Gasteiger partial charge < -0.3 is 5.32 Å². The minimum atomic E-state index is 0.740. The fraction of sp³-hybridized carbons (Fsp3) is 0.571. The first-order valence-corrected chi connectivity index (χ1v) is 6.98. The van der Waals surface area contributed by atoms with Crippen LogP contribution in [0.2, 0.25) is 0 Å². The molecule has 1 nitrogen and oxygen atoms in total. The van der Waals surface area contributed by atoms with Crippen molar-refractivity contribution in [2.45, 2.75) is 49.3 Å². The van der Waals surface area contributed by atoms with Crippen LogP contribution in [0.4, 0.5) is 0 Å². The molecular weight excluding hydrogens is 214 g/mol. The third-order valence-corrected chi connectivity index (χ3v) is 4.86. The van der Waals surface area contributed by atoms with Crippen LogP contribution in [-0.4, -0.2) is 18.3 Å². The largest absolute Gasteiger partial charge is 0.317 e. The smallest absolute Gasteiger partial charge is 0.0110 e. The van der Waals surface area contributed by atoms with E-state index in [1.807, 2.05) is 0 Å². The van der Waals surface area contributed by atoms with Gasteiger partial charge >= 0.3 is 0 Å². The molecule has 1 N–H and O–H groups in total. The predicted octanol–water partition coefficient (Wildman–Crippen LogP) is 3.54. The van der Waals surface area contributed by atoms with Gasteiger partial charge in [-0.05, 0) is 63.4 Å². The van der Waals surface area contributed by atoms with Crippen molar-refractivity contribution in [3.05, 3.63) is 29.3 Å². The summed E-state index contributed by atoms with van der Waals surface area (Å²) >= 11 is 2.05. The van der Waals surface area contributed by atoms with E-state index in [0.717, 1.165) is 11.3 Å². The first kappa shape index (κ1) is 12.0. The monoisotopic (exact) mass is 235 g/mol. The first-order chi connectivity index (χ1) is 7.69. The van der Waals surface area contributed by atoms with Crippen LogP contribution in [0.15, 0.2) is 23.1 Å². The molecule has 1 aromatic carbocycles. The lowest BCUT2D eigenvalue weighted by Gasteiger charge is -2.11. The normalized spacial score (nSPS) is 24.9. The van der Waals surface area contributed by atoms with E-state index < -0.39 is 0 Å². The molecule has 1 fully saturated rings. The van der Waals surface area contributed by atoms with Crippen molar-refractivity contribution < 1.29 is 0 Å². The zero-order chi connectivity index (χ0) is 11.5. The van der Waals surface area contributed by atoms with Crippen molar-refractivity contribution in [1.82, 2.24) is 5.32 Å². The minimum Gasteiger partial charge on any atom is -0.317 e. The molecule has 0 spiro atoms. The lowest BCUT2D eigenvalue weighted by atomic mass is 10.1. The SMILES string of the molecule is CNC1CCC(Sc2ccc(C)c(C)c2)C1. The highest BCUT2D eigenvalue weighted by Gasteiger charge is 2.23. The molecule has 1 aliphatic carbocycles. The number of aryl methyl sites for hydroxylation is 2. The first-order valence-electron chi connectivity index (χ1n) is 6.10. The molecule has 2 rings (SSSR count). The van der Waals surface area contributed by atoms with E-state index in [-0.39, 0.29) is 0 Å². The maximum atomic E-state index is 3.39. The second-order valence-electron chi connectivity index (χ2n) is 4.78. The van der Waals surface area contributed by atoms with Gasteiger partial charge in [0.05, 0.1) is 0 Å². The highest BCUT2D eigenvalue weighted by atomic mass is 32.2. The number of hydrogen-bond donors (Lipinski definition) is 1. The molecule has 88 valence electrons. The average molecular weight is 235 g/mol. The molecule has 2 heteroatoms. The zero-order valence-electron chi connectivity index (χ0n) is 10.4. The van der Waals surface area contributed by atoms with Gasteiger partial charge in [-0.3, -0.25) is 0 Å². The molecule has 1 aliphatic rings. The lowest BCUT2D eigenvalue weighted by Crippen LogP contribution is -2.21. The second-order valence-corrected chi connectivity index (χ2v) is 6.16. The van der Waals surface area contributed by atoms with Crippen LogP contribution in [0.25, 0.3) is 0 Å². The summed E-state index contributed by atoms with van der Waals surface area (Å²) in [6.07, 6.45) is 4.00. The summed E-state index contributed by atoms with van der Waals surface area (Å²) in [6, 6.07) is 7.57. The van der Waals surface area contributed by atoms with Crippen molar-refractivity contribution in [1.29, 1.82) is 0 Å². The van der Waals surface area contributed by atoms with Gasteiger partial charge in [-0.2, -0.15) is 0 Å². The zero-order valence-corrected chi connectivity index (χ0v) is 11.2. The van der Waals surface area contributed by atoms with Crippen LogP contribution in [0.3, 0.4) is 0 Å². The van der Waals surface area contributed by atoms with E-state index in [1.54, 1.807) is 0 Å². The second kappa shape index (κ2) is 5.24. The van der Waals surface area contributed by atoms with E-state index in [9.17, 15) is 0 Å². The van der Waals surface area contributed by atoms with Crippen molar-refractivity contribution in [3.63, 3.8) is 0 Å². The lowest BCUT2D eigenvalue weighted by molar-refractivity contribution is 0.583. The Morgan fingerprint density at radius 1 is 1.19 bits per heavy atom. The molecule has 0 aliphatic heterocycles. The number of thioether (sulfide) groups is 1. The van der Waals surface area contributed by atoms with Gasteiger partial charge in [-0.25, -0.2) is 0 Å². The Balaban J connectivity index is 1.97. The number of hydrogen-bond acceptors (Lipinski definition) is 2. The third-order valence-electron chi connectivity index (χ3n) is 3.57. The van der Waals surface area contributed by atoms with Gasteiger partial charge in [-0.15, -0.1) is 11.8 Å². The van der Waals surface area contributed by atoms with Gasteiger partial charge in [0.2, 0.25) is 0 Å². The topological polar surface area (TPSA) is 12.0 Å². The van der Waals surface area contributed by atoms with Crippen molar-refractivity contribution >= 4 is 11.8 Å². The number of nitrogens with one attached hydrogen (secondary N) is 1. The van der Waals surface area contributed by atoms with Crippen molar-refractivity contribution in [2.24, 2.45) is 0 Å². The fourth-order valence-corrected chi connectivity index (χ4v) is 3.65. The third kappa shape index (κ3) is 2.80. The van der Waals surface area contributed by atoms with Crippen LogP contribution in [-0.2, 0) is 0 Å². The molecule has 1 aromatic rings. The van der Waals surface area contributed by atoms with E-state index in [4.69, 9.17) is 0 Å². The van der Waals surface area contributed by atoms with Crippen LogP contribution in [0.1, 0.15) is 30.4 Å². The van der Waals surface area contributed by atoms with E-state index in [0.29, 0.717) is 0 Å². The Bertz CT molecular complexity index is 362. The number of rotatable bonds is 3. The predicted molar refractivity (Wildman–Crippen MR) is 72.3 cm³/mol. The van der Waals surface area contributed by atoms with Crippen molar-refractivity contribution in [3.8, 4) is 0 Å². The summed E-state index contributed by atoms with van der Waals surface area (Å²) in [5.74, 6) is 0. The van der Waals surface area contributed by atoms with Crippen LogP contribution >= 0.6 is 11.8 Å². The van der Waals surface area contributed by atoms with Crippen LogP contribution < -0.4 is 5.32 Å². The van der Waals surface area contributed by atoms with Gasteiger partial charge in [0.1, 0.15) is 0 Å². The van der Waals surface area contributed by atoms with Gasteiger partial charge in [0.25, 0.3) is 0 Å². The Morgan fingerprint density at radius 2 is 2.00 bits per heavy atom. The maximum absolute atomic E-state index is 3.39. The summed E-state index contributed by atoms with van der Waals surface area (Å²) in [6.45, 7) is 4.38. The highest BCUT2D eigenvalue weighted by molar-refractivity contribution is 8.00. The molecule has 2 unspecified atom stereocenters. The van der Waals surface area contributed by atoms with Crippen molar-refractivity contribution in [2.75, 3.05) is 7.05 Å². The Morgan fingerprint density at radius 3 is 2.62 bits per heavy atom. The van der Waals surface area contributed by atoms with Gasteiger partial charge in [0, 0.05) is 16.2 Å². The molecule has 2 atom stereocenters. The Kier molecular flexibility index (Phi) is 3.93. The van der Waals surface area contributed by atoms with Crippen LogP contribution in [0, 0.1) is 13.8 Å². The quantitative estimate of drug-likeness (QED) is 0.860. The van der Waals surface area contributed by atoms with Gasteiger partial charge in [-0.1, -0.05) is 6.07 Å². The molecule has 0 aromatic heterocycles. The molecule has 16 heavy (non-hydrogen) atoms. The van der Waals surface area contributed by atoms with E-state index in [2.05, 4.69) is 56.2 Å². The van der Waals surface area contributed by atoms with Crippen LogP contribution in [0.5, 0.6) is 0 Å². The van der Waals surface area contributed by atoms with E-state index in [1.165, 1.54) is 35.3 Å². The highest BCUT2D eigenvalue weighted by Crippen LogP contribution is 2.35. The molecule has 0 bridgehead atoms. The molecule has 0 heterocycles. The molecule has 0 radical (unpaired) electrons. The molecule has 0 amide bonds. The summed E-state index contributed by atoms with van der Waals surface area (Å²) in [4.78, 5) is 1.44. The summed E-state index contributed by atoms with van der Waals surface area (Å²) < 4.78 is 0. The molecular formula is C14H21NS. The average Bonchev–Trinajstić information content (AvgIpc) is 2.71. The maximum Gasteiger partial charge on any atom is 0.0110 e. The standard InChI is InChI=1S/C14H21NS/c1-10-4-6-13(8-11(10)2)16-14-7-5-12(9-14)15-3/h4,6,8,12,14-15H,5,7,9H2,1-3H3. The number of benzene rings is 1. The van der Waals surface area contributed by atoms with Gasteiger partial charge in [0.15, 0.2) is 0 Å². The fourth-order valence-electron chi connectivity index (χ4n) is 2.29. The Hall–Kier alpha value is -0.470. The molecule has 1 saturated carbocycles. The molecule has 0 saturated heterocycles. The summed E-state index contributed by atoms with van der Waals surface area (Å²) in [5, 5.41) is 4.19. The summed E-state index contributed by atoms with van der Waals surface area (Å²) in [5.41, 5.74) is 2.80. The minimum absolute atomic E-state index is 0.740. The summed E-state index contributed by atoms with van der Waals surface area (Å²) in [7, 11) is 2.08. The van der Waals surface area contributed by atoms with E-state index >= 15 is 0 Å².